The maximum Gasteiger partial charge on any atom is 0.256 e. The predicted molar refractivity (Wildman–Crippen MR) is 97.1 cm³/mol. The number of rotatable bonds is 3. The smallest absolute Gasteiger partial charge is 0.256 e. The van der Waals surface area contributed by atoms with Crippen molar-refractivity contribution >= 4 is 21.8 Å². The van der Waals surface area contributed by atoms with Gasteiger partial charge in [0.1, 0.15) is 11.4 Å². The highest BCUT2D eigenvalue weighted by Crippen LogP contribution is 2.36. The summed E-state index contributed by atoms with van der Waals surface area (Å²) in [7, 11) is -3.42. The summed E-state index contributed by atoms with van der Waals surface area (Å²) in [5.41, 5.74) is -0.195. The molecule has 0 aromatic carbocycles. The summed E-state index contributed by atoms with van der Waals surface area (Å²) in [5.74, 6) is 1.00. The fraction of sp³-hybridized carbons (Fsp3) is 0.529. The summed E-state index contributed by atoms with van der Waals surface area (Å²) in [6.07, 6.45) is 9.35. The quantitative estimate of drug-likeness (QED) is 0.821. The summed E-state index contributed by atoms with van der Waals surface area (Å²) in [4.78, 5) is 19.0. The average molecular weight is 391 g/mol. The molecule has 2 aliphatic heterocycles. The summed E-state index contributed by atoms with van der Waals surface area (Å²) < 4.78 is 32.1. The van der Waals surface area contributed by atoms with E-state index in [-0.39, 0.29) is 18.2 Å². The molecule has 0 unspecified atom stereocenters. The lowest BCUT2D eigenvalue weighted by molar-refractivity contribution is -0.119. The molecule has 0 bridgehead atoms. The van der Waals surface area contributed by atoms with Gasteiger partial charge in [-0.15, -0.1) is 4.40 Å². The first-order chi connectivity index (χ1) is 12.9. The van der Waals surface area contributed by atoms with Crippen molar-refractivity contribution in [3.05, 3.63) is 35.6 Å². The summed E-state index contributed by atoms with van der Waals surface area (Å²) in [6.45, 7) is 2.00. The second-order valence-electron chi connectivity index (χ2n) is 7.08. The lowest BCUT2D eigenvalue weighted by atomic mass is 9.80. The van der Waals surface area contributed by atoms with Gasteiger partial charge < -0.3 is 14.7 Å². The number of fused-ring (bicyclic) bond motifs is 1. The minimum atomic E-state index is -3.42. The SMILES string of the molecule is Cc1nc(C2(NC(=O)C3=CN4CCS(=O)(=O)N=C4C=C3)CCCCC2)no1. The van der Waals surface area contributed by atoms with Crippen LogP contribution in [0.2, 0.25) is 0 Å². The molecule has 3 aliphatic rings. The van der Waals surface area contributed by atoms with Crippen molar-refractivity contribution in [3.63, 3.8) is 0 Å². The molecule has 1 fully saturated rings. The van der Waals surface area contributed by atoms with Crippen LogP contribution in [0.4, 0.5) is 0 Å². The zero-order chi connectivity index (χ0) is 19.1. The molecule has 1 aliphatic carbocycles. The van der Waals surface area contributed by atoms with E-state index in [2.05, 4.69) is 19.9 Å². The number of nitrogens with one attached hydrogen (secondary N) is 1. The first kappa shape index (κ1) is 17.9. The number of hydrogen-bond donors (Lipinski definition) is 1. The summed E-state index contributed by atoms with van der Waals surface area (Å²) in [5, 5.41) is 7.17. The van der Waals surface area contributed by atoms with Gasteiger partial charge in [0.25, 0.3) is 15.9 Å². The number of sulfonamides is 1. The van der Waals surface area contributed by atoms with Crippen LogP contribution < -0.4 is 5.32 Å². The lowest BCUT2D eigenvalue weighted by Gasteiger charge is -2.36. The maximum absolute atomic E-state index is 13.0. The van der Waals surface area contributed by atoms with E-state index >= 15 is 0 Å². The second-order valence-corrected chi connectivity index (χ2v) is 8.84. The number of carbonyl (C=O) groups excluding carboxylic acids is 1. The van der Waals surface area contributed by atoms with Crippen molar-refractivity contribution in [2.75, 3.05) is 12.3 Å². The van der Waals surface area contributed by atoms with Gasteiger partial charge in [0, 0.05) is 19.7 Å². The predicted octanol–water partition coefficient (Wildman–Crippen LogP) is 1.15. The van der Waals surface area contributed by atoms with E-state index < -0.39 is 15.6 Å². The molecular weight excluding hydrogens is 370 g/mol. The third-order valence-corrected chi connectivity index (χ3v) is 6.27. The lowest BCUT2D eigenvalue weighted by Crippen LogP contribution is -2.49. The molecule has 10 heteroatoms. The van der Waals surface area contributed by atoms with Gasteiger partial charge in [0.05, 0.1) is 11.3 Å². The van der Waals surface area contributed by atoms with E-state index in [0.29, 0.717) is 23.1 Å². The van der Waals surface area contributed by atoms with Crippen LogP contribution >= 0.6 is 0 Å². The zero-order valence-electron chi connectivity index (χ0n) is 15.0. The van der Waals surface area contributed by atoms with E-state index in [1.165, 1.54) is 0 Å². The Bertz CT molecular complexity index is 954. The van der Waals surface area contributed by atoms with Crippen molar-refractivity contribution in [1.29, 1.82) is 0 Å². The molecule has 1 aromatic heterocycles. The van der Waals surface area contributed by atoms with Crippen molar-refractivity contribution in [2.24, 2.45) is 4.40 Å². The highest BCUT2D eigenvalue weighted by molar-refractivity contribution is 7.90. The van der Waals surface area contributed by atoms with Gasteiger partial charge in [-0.1, -0.05) is 24.4 Å². The van der Waals surface area contributed by atoms with Crippen molar-refractivity contribution in [3.8, 4) is 0 Å². The second kappa shape index (κ2) is 6.59. The molecular formula is C17H21N5O4S. The number of hydrogen-bond acceptors (Lipinski definition) is 7. The maximum atomic E-state index is 13.0. The van der Waals surface area contributed by atoms with E-state index in [1.54, 1.807) is 30.2 Å². The largest absolute Gasteiger partial charge is 0.340 e. The molecule has 0 spiro atoms. The Morgan fingerprint density at radius 3 is 2.74 bits per heavy atom. The van der Waals surface area contributed by atoms with Crippen molar-refractivity contribution in [1.82, 2.24) is 20.4 Å². The third kappa shape index (κ3) is 3.53. The Morgan fingerprint density at radius 1 is 1.26 bits per heavy atom. The normalized spacial score (nSPS) is 23.2. The van der Waals surface area contributed by atoms with E-state index in [0.717, 1.165) is 32.1 Å². The third-order valence-electron chi connectivity index (χ3n) is 5.10. The van der Waals surface area contributed by atoms with Gasteiger partial charge in [-0.25, -0.2) is 8.42 Å². The van der Waals surface area contributed by atoms with Gasteiger partial charge in [0.15, 0.2) is 5.82 Å². The van der Waals surface area contributed by atoms with E-state index in [1.807, 2.05) is 0 Å². The minimum Gasteiger partial charge on any atom is -0.340 e. The van der Waals surface area contributed by atoms with Crippen LogP contribution in [0.5, 0.6) is 0 Å². The summed E-state index contributed by atoms with van der Waals surface area (Å²) >= 11 is 0. The average Bonchev–Trinajstić information content (AvgIpc) is 3.08. The van der Waals surface area contributed by atoms with Crippen LogP contribution in [-0.4, -0.2) is 47.5 Å². The molecule has 0 radical (unpaired) electrons. The molecule has 1 aromatic rings. The molecule has 27 heavy (non-hydrogen) atoms. The van der Waals surface area contributed by atoms with Crippen LogP contribution in [0.15, 0.2) is 32.8 Å². The van der Waals surface area contributed by atoms with Crippen LogP contribution in [-0.2, 0) is 20.4 Å². The van der Waals surface area contributed by atoms with E-state index in [4.69, 9.17) is 4.52 Å². The fourth-order valence-electron chi connectivity index (χ4n) is 3.68. The monoisotopic (exact) mass is 391 g/mol. The van der Waals surface area contributed by atoms with Gasteiger partial charge in [-0.3, -0.25) is 4.79 Å². The first-order valence-electron chi connectivity index (χ1n) is 8.99. The Hall–Kier alpha value is -2.49. The molecule has 3 heterocycles. The molecule has 1 N–H and O–H groups in total. The molecule has 144 valence electrons. The number of aryl methyl sites for hydroxylation is 1. The zero-order valence-corrected chi connectivity index (χ0v) is 15.8. The minimum absolute atomic E-state index is 0.0676. The van der Waals surface area contributed by atoms with Crippen LogP contribution in [0.25, 0.3) is 0 Å². The van der Waals surface area contributed by atoms with Crippen molar-refractivity contribution < 1.29 is 17.7 Å². The Kier molecular flexibility index (Phi) is 4.37. The number of aromatic nitrogens is 2. The van der Waals surface area contributed by atoms with Gasteiger partial charge >= 0.3 is 0 Å². The Morgan fingerprint density at radius 2 is 2.04 bits per heavy atom. The number of nitrogens with zero attached hydrogens (tertiary/aromatic N) is 4. The van der Waals surface area contributed by atoms with Gasteiger partial charge in [-0.2, -0.15) is 4.98 Å². The Balaban J connectivity index is 1.58. The number of amides is 1. The molecule has 1 amide bonds. The molecule has 0 atom stereocenters. The fourth-order valence-corrected chi connectivity index (χ4v) is 4.65. The van der Waals surface area contributed by atoms with E-state index in [9.17, 15) is 13.2 Å². The van der Waals surface area contributed by atoms with Gasteiger partial charge in [0.2, 0.25) is 5.89 Å². The number of carbonyl (C=O) groups is 1. The topological polar surface area (TPSA) is 118 Å². The van der Waals surface area contributed by atoms with Crippen LogP contribution in [0.1, 0.15) is 43.8 Å². The first-order valence-corrected chi connectivity index (χ1v) is 10.6. The number of amidine groups is 1. The molecule has 4 rings (SSSR count). The standard InChI is InChI=1S/C17H21N5O4S/c1-12-18-16(20-26-12)17(7-3-2-4-8-17)19-15(23)13-5-6-14-21-27(24,25)10-9-22(14)11-13/h5-6,11H,2-4,7-10H2,1H3,(H,19,23). The van der Waals surface area contributed by atoms with Crippen molar-refractivity contribution in [2.45, 2.75) is 44.6 Å². The summed E-state index contributed by atoms with van der Waals surface area (Å²) in [6, 6.07) is 0. The molecule has 1 saturated carbocycles. The molecule has 0 saturated heterocycles. The van der Waals surface area contributed by atoms with Crippen LogP contribution in [0, 0.1) is 6.92 Å². The van der Waals surface area contributed by atoms with Gasteiger partial charge in [-0.05, 0) is 25.0 Å². The highest BCUT2D eigenvalue weighted by atomic mass is 32.2. The van der Waals surface area contributed by atoms with Crippen LogP contribution in [0.3, 0.4) is 0 Å². The highest BCUT2D eigenvalue weighted by Gasteiger charge is 2.40. The Labute approximate surface area is 157 Å². The molecule has 9 nitrogen and oxygen atoms in total.